The van der Waals surface area contributed by atoms with Crippen molar-refractivity contribution in [1.29, 1.82) is 0 Å². The monoisotopic (exact) mass is 411 g/mol. The zero-order valence-corrected chi connectivity index (χ0v) is 16.7. The summed E-state index contributed by atoms with van der Waals surface area (Å²) in [6, 6.07) is 13.4. The van der Waals surface area contributed by atoms with Crippen LogP contribution >= 0.6 is 11.6 Å². The molecule has 1 aliphatic heterocycles. The minimum atomic E-state index is -4.40. The van der Waals surface area contributed by atoms with Gasteiger partial charge in [-0.15, -0.1) is 0 Å². The van der Waals surface area contributed by atoms with Crippen molar-refractivity contribution >= 4 is 11.6 Å². The zero-order valence-electron chi connectivity index (χ0n) is 15.9. The van der Waals surface area contributed by atoms with Crippen molar-refractivity contribution in [2.45, 2.75) is 32.4 Å². The summed E-state index contributed by atoms with van der Waals surface area (Å²) in [6.45, 7) is 5.03. The molecule has 152 valence electrons. The number of alkyl halides is 3. The molecule has 1 fully saturated rings. The van der Waals surface area contributed by atoms with Gasteiger partial charge in [0.15, 0.2) is 0 Å². The Labute approximate surface area is 169 Å². The Morgan fingerprint density at radius 2 is 1.68 bits per heavy atom. The molecule has 0 spiro atoms. The summed E-state index contributed by atoms with van der Waals surface area (Å²) in [5, 5.41) is 0.746. The molecule has 2 aromatic rings. The number of para-hydroxylation sites is 1. The Morgan fingerprint density at radius 3 is 2.32 bits per heavy atom. The summed E-state index contributed by atoms with van der Waals surface area (Å²) in [6.07, 6.45) is -1.29. The first-order valence-electron chi connectivity index (χ1n) is 9.51. The molecule has 1 heterocycles. The van der Waals surface area contributed by atoms with E-state index in [1.165, 1.54) is 17.7 Å². The maximum absolute atomic E-state index is 13.0. The van der Waals surface area contributed by atoms with Crippen molar-refractivity contribution in [3.05, 3.63) is 64.7 Å². The molecule has 0 saturated carbocycles. The molecule has 0 N–H and O–H groups in total. The first-order chi connectivity index (χ1) is 13.3. The molecule has 2 aromatic carbocycles. The molecule has 6 heteroatoms. The van der Waals surface area contributed by atoms with Gasteiger partial charge in [-0.05, 0) is 67.6 Å². The summed E-state index contributed by atoms with van der Waals surface area (Å²) in [5.74, 6) is -0.0976. The molecule has 3 rings (SSSR count). The van der Waals surface area contributed by atoms with Crippen LogP contribution in [0.25, 0.3) is 0 Å². The first kappa shape index (κ1) is 21.0. The predicted molar refractivity (Wildman–Crippen MR) is 106 cm³/mol. The topological polar surface area (TPSA) is 12.5 Å². The number of piperidine rings is 1. The first-order valence-corrected chi connectivity index (χ1v) is 9.89. The molecule has 0 aromatic heterocycles. The molecule has 28 heavy (non-hydrogen) atoms. The number of hydrogen-bond acceptors (Lipinski definition) is 2. The van der Waals surface area contributed by atoms with E-state index >= 15 is 0 Å². The van der Waals surface area contributed by atoms with E-state index in [4.69, 9.17) is 16.3 Å². The summed E-state index contributed by atoms with van der Waals surface area (Å²) in [4.78, 5) is 2.26. The van der Waals surface area contributed by atoms with E-state index in [2.05, 4.69) is 24.0 Å². The second kappa shape index (κ2) is 8.75. The van der Waals surface area contributed by atoms with Crippen LogP contribution < -0.4 is 4.74 Å². The third kappa shape index (κ3) is 5.65. The van der Waals surface area contributed by atoms with Crippen molar-refractivity contribution in [2.75, 3.05) is 26.2 Å². The van der Waals surface area contributed by atoms with Gasteiger partial charge in [-0.25, -0.2) is 0 Å². The Kier molecular flexibility index (Phi) is 6.56. The Morgan fingerprint density at radius 1 is 1.04 bits per heavy atom. The highest BCUT2D eigenvalue weighted by Crippen LogP contribution is 2.36. The Bertz CT molecular complexity index is 768. The average molecular weight is 412 g/mol. The van der Waals surface area contributed by atoms with Crippen molar-refractivity contribution in [3.8, 4) is 5.75 Å². The molecule has 0 radical (unpaired) electrons. The van der Waals surface area contributed by atoms with Crippen LogP contribution in [0.4, 0.5) is 13.2 Å². The quantitative estimate of drug-likeness (QED) is 0.571. The number of likely N-dealkylation sites (tertiary alicyclic amines) is 1. The molecular formula is C22H25ClF3NO. The molecule has 0 atom stereocenters. The van der Waals surface area contributed by atoms with Crippen LogP contribution in [0.5, 0.6) is 5.75 Å². The minimum absolute atomic E-state index is 0.0976. The molecule has 0 aliphatic carbocycles. The van der Waals surface area contributed by atoms with Crippen LogP contribution in [0.3, 0.4) is 0 Å². The maximum atomic E-state index is 13.0. The normalized spacial score (nSPS) is 17.5. The van der Waals surface area contributed by atoms with Crippen LogP contribution in [0.1, 0.15) is 30.9 Å². The van der Waals surface area contributed by atoms with Crippen molar-refractivity contribution < 1.29 is 17.9 Å². The second-order valence-corrected chi connectivity index (χ2v) is 8.23. The lowest BCUT2D eigenvalue weighted by molar-refractivity contribution is -0.139. The van der Waals surface area contributed by atoms with Crippen LogP contribution in [-0.4, -0.2) is 31.1 Å². The summed E-state index contributed by atoms with van der Waals surface area (Å²) >= 11 is 5.95. The number of nitrogens with zero attached hydrogens (tertiary/aromatic N) is 1. The fraction of sp³-hybridized carbons (Fsp3) is 0.455. The number of halogens is 4. The smallest absolute Gasteiger partial charge is 0.419 e. The molecule has 2 nitrogen and oxygen atoms in total. The fourth-order valence-corrected chi connectivity index (χ4v) is 3.83. The lowest BCUT2D eigenvalue weighted by Gasteiger charge is -2.39. The lowest BCUT2D eigenvalue weighted by Crippen LogP contribution is -2.41. The van der Waals surface area contributed by atoms with Gasteiger partial charge in [0.25, 0.3) is 0 Å². The molecule has 0 unspecified atom stereocenters. The van der Waals surface area contributed by atoms with E-state index in [1.807, 2.05) is 12.1 Å². The standard InChI is InChI=1S/C22H25ClF3NO/c1-21(16-17-6-8-18(23)9-7-17)10-12-27(13-11-21)14-15-28-20-5-3-2-4-19(20)22(24,25)26/h2-9H,10-16H2,1H3. The highest BCUT2D eigenvalue weighted by atomic mass is 35.5. The van der Waals surface area contributed by atoms with E-state index in [1.54, 1.807) is 6.07 Å². The van der Waals surface area contributed by atoms with Gasteiger partial charge in [0.05, 0.1) is 5.56 Å². The molecule has 1 aliphatic rings. The number of benzene rings is 2. The number of rotatable bonds is 6. The van der Waals surface area contributed by atoms with E-state index in [-0.39, 0.29) is 17.8 Å². The van der Waals surface area contributed by atoms with Gasteiger partial charge < -0.3 is 4.74 Å². The van der Waals surface area contributed by atoms with E-state index < -0.39 is 11.7 Å². The van der Waals surface area contributed by atoms with Gasteiger partial charge in [0.1, 0.15) is 12.4 Å². The second-order valence-electron chi connectivity index (χ2n) is 7.80. The maximum Gasteiger partial charge on any atom is 0.419 e. The van der Waals surface area contributed by atoms with E-state index in [0.29, 0.717) is 6.54 Å². The van der Waals surface area contributed by atoms with Crippen molar-refractivity contribution in [3.63, 3.8) is 0 Å². The Hall–Kier alpha value is -1.72. The third-order valence-corrected chi connectivity index (χ3v) is 5.72. The largest absolute Gasteiger partial charge is 0.492 e. The van der Waals surface area contributed by atoms with Gasteiger partial charge >= 0.3 is 6.18 Å². The third-order valence-electron chi connectivity index (χ3n) is 5.46. The molecular weight excluding hydrogens is 387 g/mol. The highest BCUT2D eigenvalue weighted by Gasteiger charge is 2.34. The fourth-order valence-electron chi connectivity index (χ4n) is 3.70. The summed E-state index contributed by atoms with van der Waals surface area (Å²) in [7, 11) is 0. The van der Waals surface area contributed by atoms with Gasteiger partial charge in [-0.3, -0.25) is 4.90 Å². The van der Waals surface area contributed by atoms with Gasteiger partial charge in [0.2, 0.25) is 0 Å². The number of hydrogen-bond donors (Lipinski definition) is 0. The summed E-state index contributed by atoms with van der Waals surface area (Å²) in [5.41, 5.74) is 0.797. The van der Waals surface area contributed by atoms with Crippen LogP contribution in [-0.2, 0) is 12.6 Å². The molecule has 0 bridgehead atoms. The van der Waals surface area contributed by atoms with Crippen molar-refractivity contribution in [2.24, 2.45) is 5.41 Å². The van der Waals surface area contributed by atoms with Gasteiger partial charge in [0, 0.05) is 11.6 Å². The van der Waals surface area contributed by atoms with E-state index in [9.17, 15) is 13.2 Å². The van der Waals surface area contributed by atoms with Gasteiger partial charge in [-0.2, -0.15) is 13.2 Å². The van der Waals surface area contributed by atoms with Gasteiger partial charge in [-0.1, -0.05) is 42.8 Å². The van der Waals surface area contributed by atoms with Crippen molar-refractivity contribution in [1.82, 2.24) is 4.90 Å². The van der Waals surface area contributed by atoms with E-state index in [0.717, 1.165) is 43.4 Å². The average Bonchev–Trinajstić information content (AvgIpc) is 2.65. The zero-order chi connectivity index (χ0) is 20.2. The Balaban J connectivity index is 1.47. The molecule has 1 saturated heterocycles. The van der Waals surface area contributed by atoms with Crippen LogP contribution in [0.15, 0.2) is 48.5 Å². The van der Waals surface area contributed by atoms with Crippen LogP contribution in [0.2, 0.25) is 5.02 Å². The predicted octanol–water partition coefficient (Wildman–Crippen LogP) is 6.08. The molecule has 0 amide bonds. The summed E-state index contributed by atoms with van der Waals surface area (Å²) < 4.78 is 44.5. The minimum Gasteiger partial charge on any atom is -0.492 e. The number of ether oxygens (including phenoxy) is 1. The van der Waals surface area contributed by atoms with Crippen LogP contribution in [0, 0.1) is 5.41 Å². The SMILES string of the molecule is CC1(Cc2ccc(Cl)cc2)CCN(CCOc2ccccc2C(F)(F)F)CC1. The lowest BCUT2D eigenvalue weighted by atomic mass is 9.75. The highest BCUT2D eigenvalue weighted by molar-refractivity contribution is 6.30.